The zero-order valence-electron chi connectivity index (χ0n) is 13.8. The third kappa shape index (κ3) is 4.12. The number of nitrogens with one attached hydrogen (secondary N) is 1. The lowest BCUT2D eigenvalue weighted by Crippen LogP contribution is -2.49. The second kappa shape index (κ2) is 7.75. The van der Waals surface area contributed by atoms with E-state index < -0.39 is 5.82 Å². The lowest BCUT2D eigenvalue weighted by molar-refractivity contribution is -0.131. The van der Waals surface area contributed by atoms with Crippen LogP contribution in [0.25, 0.3) is 0 Å². The number of piperidine rings is 2. The number of benzene rings is 1. The van der Waals surface area contributed by atoms with Crippen molar-refractivity contribution in [2.24, 2.45) is 5.92 Å². The molecule has 0 saturated carbocycles. The summed E-state index contributed by atoms with van der Waals surface area (Å²) in [5.41, 5.74) is 3.38. The molecule has 2 aliphatic heterocycles. The Morgan fingerprint density at radius 1 is 1.04 bits per heavy atom. The highest BCUT2D eigenvalue weighted by Crippen LogP contribution is 2.20. The van der Waals surface area contributed by atoms with Crippen molar-refractivity contribution in [1.82, 2.24) is 15.3 Å². The maximum atomic E-state index is 13.3. The first-order valence-electron chi connectivity index (χ1n) is 8.74. The zero-order valence-corrected chi connectivity index (χ0v) is 13.8. The smallest absolute Gasteiger partial charge is 0.253 e. The van der Waals surface area contributed by atoms with Gasteiger partial charge in [0.25, 0.3) is 5.91 Å². The van der Waals surface area contributed by atoms with Crippen molar-refractivity contribution in [2.45, 2.75) is 32.1 Å². The SMILES string of the molecule is O=C(NN1CCCCC1)C1CCN(C(=O)c2cccc(F)c2)CC1. The number of hydrogen-bond acceptors (Lipinski definition) is 3. The Kier molecular flexibility index (Phi) is 5.45. The normalized spacial score (nSPS) is 20.0. The molecule has 0 spiro atoms. The molecule has 24 heavy (non-hydrogen) atoms. The minimum Gasteiger partial charge on any atom is -0.339 e. The Labute approximate surface area is 141 Å². The van der Waals surface area contributed by atoms with Crippen LogP contribution in [0.2, 0.25) is 0 Å². The first-order valence-corrected chi connectivity index (χ1v) is 8.74. The second-order valence-electron chi connectivity index (χ2n) is 6.60. The molecule has 0 aliphatic carbocycles. The molecule has 0 aromatic heterocycles. The number of hydrazine groups is 1. The van der Waals surface area contributed by atoms with E-state index in [1.54, 1.807) is 17.0 Å². The van der Waals surface area contributed by atoms with Gasteiger partial charge in [-0.05, 0) is 43.9 Å². The van der Waals surface area contributed by atoms with Crippen LogP contribution in [0.15, 0.2) is 24.3 Å². The molecule has 2 amide bonds. The lowest BCUT2D eigenvalue weighted by atomic mass is 9.95. The number of carbonyl (C=O) groups is 2. The fourth-order valence-electron chi connectivity index (χ4n) is 3.40. The van der Waals surface area contributed by atoms with Gasteiger partial charge in [0.1, 0.15) is 5.82 Å². The molecule has 5 nitrogen and oxygen atoms in total. The molecule has 3 rings (SSSR count). The van der Waals surface area contributed by atoms with E-state index in [2.05, 4.69) is 5.43 Å². The van der Waals surface area contributed by atoms with Gasteiger partial charge in [-0.15, -0.1) is 0 Å². The first-order chi connectivity index (χ1) is 11.6. The highest BCUT2D eigenvalue weighted by Gasteiger charge is 2.29. The molecule has 2 heterocycles. The fraction of sp³-hybridized carbons (Fsp3) is 0.556. The summed E-state index contributed by atoms with van der Waals surface area (Å²) in [6.07, 6.45) is 4.79. The van der Waals surface area contributed by atoms with Crippen molar-refractivity contribution in [3.05, 3.63) is 35.6 Å². The minimum atomic E-state index is -0.406. The van der Waals surface area contributed by atoms with Gasteiger partial charge in [0.05, 0.1) is 0 Å². The number of amides is 2. The van der Waals surface area contributed by atoms with Crippen LogP contribution < -0.4 is 5.43 Å². The van der Waals surface area contributed by atoms with Gasteiger partial charge in [0.2, 0.25) is 5.91 Å². The van der Waals surface area contributed by atoms with Crippen LogP contribution in [0.1, 0.15) is 42.5 Å². The van der Waals surface area contributed by atoms with Gasteiger partial charge in [0.15, 0.2) is 0 Å². The Hall–Kier alpha value is -1.95. The summed E-state index contributed by atoms with van der Waals surface area (Å²) in [6, 6.07) is 5.76. The molecular weight excluding hydrogens is 309 g/mol. The number of carbonyl (C=O) groups excluding carboxylic acids is 2. The van der Waals surface area contributed by atoms with Gasteiger partial charge < -0.3 is 4.90 Å². The van der Waals surface area contributed by atoms with Gasteiger partial charge in [0, 0.05) is 37.7 Å². The molecule has 0 atom stereocenters. The predicted octanol–water partition coefficient (Wildman–Crippen LogP) is 2.19. The minimum absolute atomic E-state index is 0.0523. The highest BCUT2D eigenvalue weighted by molar-refractivity contribution is 5.94. The summed E-state index contributed by atoms with van der Waals surface area (Å²) in [5.74, 6) is -0.556. The van der Waals surface area contributed by atoms with Gasteiger partial charge in [-0.3, -0.25) is 15.0 Å². The summed E-state index contributed by atoms with van der Waals surface area (Å²) in [6.45, 7) is 2.91. The molecule has 1 N–H and O–H groups in total. The molecule has 0 unspecified atom stereocenters. The molecule has 2 saturated heterocycles. The van der Waals surface area contributed by atoms with Crippen molar-refractivity contribution in [2.75, 3.05) is 26.2 Å². The lowest BCUT2D eigenvalue weighted by Gasteiger charge is -2.33. The van der Waals surface area contributed by atoms with Crippen LogP contribution in [-0.2, 0) is 4.79 Å². The molecule has 0 radical (unpaired) electrons. The summed E-state index contributed by atoms with van der Waals surface area (Å²) < 4.78 is 13.3. The van der Waals surface area contributed by atoms with E-state index in [9.17, 15) is 14.0 Å². The van der Waals surface area contributed by atoms with E-state index in [4.69, 9.17) is 0 Å². The number of nitrogens with zero attached hydrogens (tertiary/aromatic N) is 2. The Morgan fingerprint density at radius 2 is 1.75 bits per heavy atom. The number of halogens is 1. The highest BCUT2D eigenvalue weighted by atomic mass is 19.1. The van der Waals surface area contributed by atoms with E-state index in [0.29, 0.717) is 31.5 Å². The Bertz CT molecular complexity index is 594. The predicted molar refractivity (Wildman–Crippen MR) is 88.6 cm³/mol. The van der Waals surface area contributed by atoms with Crippen LogP contribution in [0.3, 0.4) is 0 Å². The van der Waals surface area contributed by atoms with Gasteiger partial charge in [-0.2, -0.15) is 0 Å². The topological polar surface area (TPSA) is 52.7 Å². The largest absolute Gasteiger partial charge is 0.339 e. The van der Waals surface area contributed by atoms with Gasteiger partial charge in [-0.25, -0.2) is 9.40 Å². The molecule has 2 fully saturated rings. The van der Waals surface area contributed by atoms with Crippen LogP contribution >= 0.6 is 0 Å². The average molecular weight is 333 g/mol. The standard InChI is InChI=1S/C18H24FN3O2/c19-16-6-4-5-15(13-16)18(24)21-11-7-14(8-12-21)17(23)20-22-9-2-1-3-10-22/h4-6,13-14H,1-3,7-12H2,(H,20,23). The molecular formula is C18H24FN3O2. The maximum Gasteiger partial charge on any atom is 0.253 e. The van der Waals surface area contributed by atoms with Gasteiger partial charge in [-0.1, -0.05) is 12.5 Å². The maximum absolute atomic E-state index is 13.3. The summed E-state index contributed by atoms with van der Waals surface area (Å²) in [7, 11) is 0. The monoisotopic (exact) mass is 333 g/mol. The van der Waals surface area contributed by atoms with E-state index in [0.717, 1.165) is 25.9 Å². The molecule has 2 aliphatic rings. The third-order valence-corrected chi connectivity index (χ3v) is 4.85. The number of likely N-dealkylation sites (tertiary alicyclic amines) is 1. The summed E-state index contributed by atoms with van der Waals surface area (Å²) in [5, 5.41) is 2.01. The van der Waals surface area contributed by atoms with Crippen molar-refractivity contribution < 1.29 is 14.0 Å². The van der Waals surface area contributed by atoms with Crippen molar-refractivity contribution >= 4 is 11.8 Å². The van der Waals surface area contributed by atoms with E-state index >= 15 is 0 Å². The Balaban J connectivity index is 1.50. The van der Waals surface area contributed by atoms with E-state index in [1.165, 1.54) is 18.6 Å². The Morgan fingerprint density at radius 3 is 2.42 bits per heavy atom. The van der Waals surface area contributed by atoms with E-state index in [1.807, 2.05) is 5.01 Å². The van der Waals surface area contributed by atoms with Crippen LogP contribution in [0.5, 0.6) is 0 Å². The second-order valence-corrected chi connectivity index (χ2v) is 6.60. The van der Waals surface area contributed by atoms with Crippen molar-refractivity contribution in [3.63, 3.8) is 0 Å². The van der Waals surface area contributed by atoms with Crippen LogP contribution in [-0.4, -0.2) is 47.9 Å². The molecule has 130 valence electrons. The van der Waals surface area contributed by atoms with Crippen molar-refractivity contribution in [3.8, 4) is 0 Å². The number of rotatable bonds is 3. The number of hydrogen-bond donors (Lipinski definition) is 1. The molecule has 1 aromatic carbocycles. The van der Waals surface area contributed by atoms with E-state index in [-0.39, 0.29) is 17.7 Å². The quantitative estimate of drug-likeness (QED) is 0.923. The third-order valence-electron chi connectivity index (χ3n) is 4.85. The van der Waals surface area contributed by atoms with Crippen molar-refractivity contribution in [1.29, 1.82) is 0 Å². The average Bonchev–Trinajstić information content (AvgIpc) is 2.62. The first kappa shape index (κ1) is 16.9. The fourth-order valence-corrected chi connectivity index (χ4v) is 3.40. The molecule has 0 bridgehead atoms. The zero-order chi connectivity index (χ0) is 16.9. The van der Waals surface area contributed by atoms with Crippen LogP contribution in [0, 0.1) is 11.7 Å². The summed E-state index contributed by atoms with van der Waals surface area (Å²) in [4.78, 5) is 26.5. The van der Waals surface area contributed by atoms with Gasteiger partial charge >= 0.3 is 0 Å². The molecule has 1 aromatic rings. The van der Waals surface area contributed by atoms with Crippen LogP contribution in [0.4, 0.5) is 4.39 Å². The molecule has 6 heteroatoms. The summed E-state index contributed by atoms with van der Waals surface area (Å²) >= 11 is 0.